The molecule has 5 amide bonds. The number of benzene rings is 2. The minimum absolute atomic E-state index is 0.0219. The summed E-state index contributed by atoms with van der Waals surface area (Å²) in [4.78, 5) is 35.6. The van der Waals surface area contributed by atoms with E-state index in [1.54, 1.807) is 0 Å². The van der Waals surface area contributed by atoms with Gasteiger partial charge in [-0.15, -0.1) is 0 Å². The first-order valence-corrected chi connectivity index (χ1v) is 8.74. The number of carbonyl (C=O) groups is 3. The van der Waals surface area contributed by atoms with E-state index >= 15 is 0 Å². The lowest BCUT2D eigenvalue weighted by atomic mass is 9.79. The molecule has 0 atom stereocenters. The van der Waals surface area contributed by atoms with E-state index in [2.05, 4.69) is 21.3 Å². The average molecular weight is 352 g/mol. The van der Waals surface area contributed by atoms with Gasteiger partial charge < -0.3 is 16.0 Å². The number of hydrogen-bond acceptors (Lipinski definition) is 3. The van der Waals surface area contributed by atoms with Crippen LogP contribution in [0.25, 0.3) is 10.8 Å². The molecule has 7 nitrogen and oxygen atoms in total. The summed E-state index contributed by atoms with van der Waals surface area (Å²) >= 11 is 0. The number of fused-ring (bicyclic) bond motifs is 1. The van der Waals surface area contributed by atoms with Crippen LogP contribution < -0.4 is 21.3 Å². The number of amides is 5. The maximum Gasteiger partial charge on any atom is 0.322 e. The van der Waals surface area contributed by atoms with Gasteiger partial charge >= 0.3 is 12.1 Å². The Labute approximate surface area is 150 Å². The number of hydrogen-bond donors (Lipinski definition) is 4. The maximum absolute atomic E-state index is 12.3. The minimum Gasteiger partial charge on any atom is -0.335 e. The molecule has 1 aliphatic heterocycles. The van der Waals surface area contributed by atoms with E-state index in [-0.39, 0.29) is 18.0 Å². The molecular weight excluding hydrogens is 332 g/mol. The average Bonchev–Trinajstić information content (AvgIpc) is 2.90. The zero-order valence-corrected chi connectivity index (χ0v) is 14.2. The van der Waals surface area contributed by atoms with Crippen LogP contribution in [0.15, 0.2) is 42.5 Å². The van der Waals surface area contributed by atoms with Crippen molar-refractivity contribution < 1.29 is 14.4 Å². The Bertz CT molecular complexity index is 887. The van der Waals surface area contributed by atoms with Crippen LogP contribution in [0.3, 0.4) is 0 Å². The Morgan fingerprint density at radius 2 is 1.77 bits per heavy atom. The van der Waals surface area contributed by atoms with Gasteiger partial charge in [-0.2, -0.15) is 0 Å². The molecule has 2 aromatic carbocycles. The molecule has 1 heterocycles. The van der Waals surface area contributed by atoms with Crippen LogP contribution >= 0.6 is 0 Å². The van der Waals surface area contributed by atoms with Gasteiger partial charge in [0.25, 0.3) is 5.91 Å². The normalized spacial score (nSPS) is 25.0. The van der Waals surface area contributed by atoms with Gasteiger partial charge in [0.15, 0.2) is 0 Å². The first-order valence-electron chi connectivity index (χ1n) is 8.74. The van der Waals surface area contributed by atoms with E-state index < -0.39 is 11.6 Å². The molecule has 0 bridgehead atoms. The fraction of sp³-hybridized carbons (Fsp3) is 0.316. The molecule has 0 unspecified atom stereocenters. The lowest BCUT2D eigenvalue weighted by molar-refractivity contribution is -0.125. The molecule has 1 spiro atoms. The van der Waals surface area contributed by atoms with Gasteiger partial charge in [0.05, 0.1) is 0 Å². The zero-order chi connectivity index (χ0) is 18.1. The Kier molecular flexibility index (Phi) is 3.99. The highest BCUT2D eigenvalue weighted by Crippen LogP contribution is 2.31. The van der Waals surface area contributed by atoms with E-state index in [1.807, 2.05) is 42.5 Å². The lowest BCUT2D eigenvalue weighted by Crippen LogP contribution is -2.53. The second-order valence-corrected chi connectivity index (χ2v) is 6.93. The minimum atomic E-state index is -0.802. The molecule has 0 aromatic heterocycles. The first kappa shape index (κ1) is 16.4. The molecule has 4 N–H and O–H groups in total. The van der Waals surface area contributed by atoms with Crippen LogP contribution in [0.4, 0.5) is 15.3 Å². The quantitative estimate of drug-likeness (QED) is 0.625. The monoisotopic (exact) mass is 352 g/mol. The molecule has 7 heteroatoms. The molecule has 0 radical (unpaired) electrons. The van der Waals surface area contributed by atoms with Crippen molar-refractivity contribution >= 4 is 34.4 Å². The molecule has 26 heavy (non-hydrogen) atoms. The summed E-state index contributed by atoms with van der Waals surface area (Å²) in [6.45, 7) is 0. The number of anilines is 1. The fourth-order valence-electron chi connectivity index (χ4n) is 3.75. The molecule has 1 saturated heterocycles. The summed E-state index contributed by atoms with van der Waals surface area (Å²) in [6, 6.07) is 13.0. The van der Waals surface area contributed by atoms with Crippen molar-refractivity contribution in [2.75, 3.05) is 5.32 Å². The number of nitrogens with one attached hydrogen (secondary N) is 4. The highest BCUT2D eigenvalue weighted by molar-refractivity contribution is 6.07. The van der Waals surface area contributed by atoms with E-state index in [1.165, 1.54) is 0 Å². The van der Waals surface area contributed by atoms with Gasteiger partial charge in [-0.3, -0.25) is 10.1 Å². The standard InChI is InChI=1S/C19H20N4O3/c24-16-19(23-18(26)22-16)9-7-14(8-10-19)20-17(25)21-15-6-5-12-3-1-2-4-13(12)11-15/h1-6,11,14H,7-10H2,(H2,20,21,25)(H2,22,23,24,26). The molecular formula is C19H20N4O3. The summed E-state index contributed by atoms with van der Waals surface area (Å²) in [5.41, 5.74) is -0.0692. The third-order valence-electron chi connectivity index (χ3n) is 5.20. The topological polar surface area (TPSA) is 99.3 Å². The van der Waals surface area contributed by atoms with Crippen LogP contribution in [0.5, 0.6) is 0 Å². The summed E-state index contributed by atoms with van der Waals surface area (Å²) < 4.78 is 0. The number of carbonyl (C=O) groups excluding carboxylic acids is 3. The second kappa shape index (κ2) is 6.33. The molecule has 2 fully saturated rings. The van der Waals surface area contributed by atoms with Gasteiger partial charge in [0.1, 0.15) is 5.54 Å². The Morgan fingerprint density at radius 3 is 2.46 bits per heavy atom. The van der Waals surface area contributed by atoms with Crippen molar-refractivity contribution in [3.8, 4) is 0 Å². The number of urea groups is 2. The molecule has 1 aliphatic carbocycles. The predicted molar refractivity (Wildman–Crippen MR) is 97.8 cm³/mol. The summed E-state index contributed by atoms with van der Waals surface area (Å²) in [7, 11) is 0. The summed E-state index contributed by atoms with van der Waals surface area (Å²) in [5.74, 6) is -0.262. The largest absolute Gasteiger partial charge is 0.335 e. The van der Waals surface area contributed by atoms with Gasteiger partial charge in [0.2, 0.25) is 0 Å². The molecule has 2 aromatic rings. The van der Waals surface area contributed by atoms with E-state index in [0.29, 0.717) is 25.7 Å². The van der Waals surface area contributed by atoms with Crippen molar-refractivity contribution in [2.45, 2.75) is 37.3 Å². The molecule has 4 rings (SSSR count). The Hall–Kier alpha value is -3.09. The Morgan fingerprint density at radius 1 is 1.04 bits per heavy atom. The van der Waals surface area contributed by atoms with Gasteiger partial charge in [-0.1, -0.05) is 30.3 Å². The van der Waals surface area contributed by atoms with Crippen molar-refractivity contribution in [3.05, 3.63) is 42.5 Å². The van der Waals surface area contributed by atoms with Crippen LogP contribution in [0.1, 0.15) is 25.7 Å². The van der Waals surface area contributed by atoms with Crippen molar-refractivity contribution in [2.24, 2.45) is 0 Å². The number of rotatable bonds is 2. The highest BCUT2D eigenvalue weighted by atomic mass is 16.2. The van der Waals surface area contributed by atoms with Crippen LogP contribution in [-0.4, -0.2) is 29.6 Å². The van der Waals surface area contributed by atoms with Crippen LogP contribution in [0.2, 0.25) is 0 Å². The van der Waals surface area contributed by atoms with Gasteiger partial charge in [0, 0.05) is 11.7 Å². The van der Waals surface area contributed by atoms with E-state index in [4.69, 9.17) is 0 Å². The summed E-state index contributed by atoms with van der Waals surface area (Å²) in [5, 5.41) is 13.0. The molecule has 134 valence electrons. The van der Waals surface area contributed by atoms with Crippen molar-refractivity contribution in [3.63, 3.8) is 0 Å². The third-order valence-corrected chi connectivity index (χ3v) is 5.20. The summed E-state index contributed by atoms with van der Waals surface area (Å²) in [6.07, 6.45) is 2.31. The number of imide groups is 1. The molecule has 2 aliphatic rings. The zero-order valence-electron chi connectivity index (χ0n) is 14.2. The third kappa shape index (κ3) is 3.08. The van der Waals surface area contributed by atoms with E-state index in [0.717, 1.165) is 16.5 Å². The first-order chi connectivity index (χ1) is 12.5. The van der Waals surface area contributed by atoms with Crippen LogP contribution in [0, 0.1) is 0 Å². The maximum atomic E-state index is 12.3. The fourth-order valence-corrected chi connectivity index (χ4v) is 3.75. The molecule has 1 saturated carbocycles. The second-order valence-electron chi connectivity index (χ2n) is 6.93. The Balaban J connectivity index is 1.34. The predicted octanol–water partition coefficient (Wildman–Crippen LogP) is 2.48. The SMILES string of the molecule is O=C(Nc1ccc2ccccc2c1)NC1CCC2(CC1)NC(=O)NC2=O. The van der Waals surface area contributed by atoms with Gasteiger partial charge in [-0.05, 0) is 48.6 Å². The lowest BCUT2D eigenvalue weighted by Gasteiger charge is -2.34. The van der Waals surface area contributed by atoms with Crippen LogP contribution in [-0.2, 0) is 4.79 Å². The van der Waals surface area contributed by atoms with Crippen molar-refractivity contribution in [1.29, 1.82) is 0 Å². The van der Waals surface area contributed by atoms with Gasteiger partial charge in [-0.25, -0.2) is 9.59 Å². The smallest absolute Gasteiger partial charge is 0.322 e. The van der Waals surface area contributed by atoms with E-state index in [9.17, 15) is 14.4 Å². The highest BCUT2D eigenvalue weighted by Gasteiger charge is 2.48. The van der Waals surface area contributed by atoms with Crippen molar-refractivity contribution in [1.82, 2.24) is 16.0 Å².